The van der Waals surface area contributed by atoms with Gasteiger partial charge in [-0.3, -0.25) is 0 Å². The quantitative estimate of drug-likeness (QED) is 0.497. The molecule has 0 radical (unpaired) electrons. The molecule has 2 atom stereocenters. The Bertz CT molecular complexity index is 134. The molecule has 1 fully saturated rings. The lowest BCUT2D eigenvalue weighted by molar-refractivity contribution is -0.184. The first kappa shape index (κ1) is 7.50. The molecule has 0 saturated carbocycles. The summed E-state index contributed by atoms with van der Waals surface area (Å²) in [7, 11) is 0. The molecule has 1 rings (SSSR count). The predicted molar refractivity (Wildman–Crippen MR) is 32.4 cm³/mol. The van der Waals surface area contributed by atoms with E-state index in [4.69, 9.17) is 14.6 Å². The van der Waals surface area contributed by atoms with Crippen LogP contribution in [0.1, 0.15) is 6.92 Å². The van der Waals surface area contributed by atoms with Crippen molar-refractivity contribution in [1.29, 1.82) is 0 Å². The van der Waals surface area contributed by atoms with Crippen molar-refractivity contribution in [3.63, 3.8) is 0 Å². The SMILES string of the molecule is CC1OCC(CO)OC1=O. The fourth-order valence-corrected chi connectivity index (χ4v) is 0.704. The van der Waals surface area contributed by atoms with Gasteiger partial charge >= 0.3 is 5.97 Å². The van der Waals surface area contributed by atoms with E-state index in [1.165, 1.54) is 0 Å². The van der Waals surface area contributed by atoms with E-state index >= 15 is 0 Å². The van der Waals surface area contributed by atoms with Crippen molar-refractivity contribution in [3.05, 3.63) is 0 Å². The molecule has 10 heavy (non-hydrogen) atoms. The molecule has 4 heteroatoms. The van der Waals surface area contributed by atoms with Crippen molar-refractivity contribution in [2.45, 2.75) is 19.1 Å². The molecular weight excluding hydrogens is 136 g/mol. The zero-order chi connectivity index (χ0) is 7.56. The van der Waals surface area contributed by atoms with Crippen LogP contribution in [-0.2, 0) is 14.3 Å². The Balaban J connectivity index is 2.41. The van der Waals surface area contributed by atoms with Crippen LogP contribution in [0.2, 0.25) is 0 Å². The Morgan fingerprint density at radius 1 is 1.80 bits per heavy atom. The molecule has 0 spiro atoms. The van der Waals surface area contributed by atoms with Gasteiger partial charge in [-0.1, -0.05) is 0 Å². The number of aliphatic hydroxyl groups is 1. The number of esters is 1. The summed E-state index contributed by atoms with van der Waals surface area (Å²) < 4.78 is 9.69. The van der Waals surface area contributed by atoms with E-state index in [0.717, 1.165) is 0 Å². The highest BCUT2D eigenvalue weighted by molar-refractivity contribution is 5.74. The Morgan fingerprint density at radius 3 is 3.00 bits per heavy atom. The smallest absolute Gasteiger partial charge is 0.335 e. The van der Waals surface area contributed by atoms with Gasteiger partial charge in [0.05, 0.1) is 13.2 Å². The minimum Gasteiger partial charge on any atom is -0.456 e. The van der Waals surface area contributed by atoms with Crippen LogP contribution in [0.15, 0.2) is 0 Å². The first-order valence-corrected chi connectivity index (χ1v) is 3.17. The van der Waals surface area contributed by atoms with Crippen LogP contribution in [0.25, 0.3) is 0 Å². The van der Waals surface area contributed by atoms with Crippen LogP contribution >= 0.6 is 0 Å². The molecule has 1 aliphatic heterocycles. The molecule has 0 aliphatic carbocycles. The topological polar surface area (TPSA) is 55.8 Å². The number of hydrogen-bond acceptors (Lipinski definition) is 4. The van der Waals surface area contributed by atoms with Gasteiger partial charge < -0.3 is 14.6 Å². The second-order valence-electron chi connectivity index (χ2n) is 2.22. The predicted octanol–water partition coefficient (Wildman–Crippen LogP) is -0.691. The largest absolute Gasteiger partial charge is 0.456 e. The molecule has 1 aliphatic rings. The highest BCUT2D eigenvalue weighted by Gasteiger charge is 2.26. The van der Waals surface area contributed by atoms with Crippen LogP contribution in [0, 0.1) is 0 Å². The minimum absolute atomic E-state index is 0.168. The first-order chi connectivity index (χ1) is 4.74. The van der Waals surface area contributed by atoms with Gasteiger partial charge in [0.25, 0.3) is 0 Å². The Hall–Kier alpha value is -0.610. The van der Waals surface area contributed by atoms with Crippen LogP contribution in [0.5, 0.6) is 0 Å². The second kappa shape index (κ2) is 2.98. The maximum absolute atomic E-state index is 10.7. The third-order valence-corrected chi connectivity index (χ3v) is 1.35. The third kappa shape index (κ3) is 1.46. The maximum atomic E-state index is 10.7. The fourth-order valence-electron chi connectivity index (χ4n) is 0.704. The van der Waals surface area contributed by atoms with Crippen LogP contribution in [0.4, 0.5) is 0 Å². The van der Waals surface area contributed by atoms with Gasteiger partial charge in [-0.05, 0) is 6.92 Å². The number of hydrogen-bond donors (Lipinski definition) is 1. The van der Waals surface area contributed by atoms with Crippen molar-refractivity contribution < 1.29 is 19.4 Å². The molecule has 2 unspecified atom stereocenters. The van der Waals surface area contributed by atoms with Crippen LogP contribution in [0.3, 0.4) is 0 Å². The number of ether oxygens (including phenoxy) is 2. The maximum Gasteiger partial charge on any atom is 0.335 e. The minimum atomic E-state index is -0.484. The summed E-state index contributed by atoms with van der Waals surface area (Å²) in [5.74, 6) is -0.398. The van der Waals surface area contributed by atoms with E-state index < -0.39 is 18.2 Å². The normalized spacial score (nSPS) is 33.6. The first-order valence-electron chi connectivity index (χ1n) is 3.17. The highest BCUT2D eigenvalue weighted by Crippen LogP contribution is 2.06. The molecular formula is C6H10O4. The van der Waals surface area contributed by atoms with Gasteiger partial charge in [0.15, 0.2) is 6.10 Å². The summed E-state index contributed by atoms with van der Waals surface area (Å²) in [6, 6.07) is 0. The summed E-state index contributed by atoms with van der Waals surface area (Å²) in [6.45, 7) is 1.75. The molecule has 0 amide bonds. The van der Waals surface area contributed by atoms with Gasteiger partial charge in [-0.25, -0.2) is 4.79 Å². The van der Waals surface area contributed by atoms with Gasteiger partial charge in [0, 0.05) is 0 Å². The monoisotopic (exact) mass is 146 g/mol. The van der Waals surface area contributed by atoms with Crippen molar-refractivity contribution in [1.82, 2.24) is 0 Å². The van der Waals surface area contributed by atoms with Crippen molar-refractivity contribution in [2.24, 2.45) is 0 Å². The van der Waals surface area contributed by atoms with E-state index in [-0.39, 0.29) is 6.61 Å². The summed E-state index contributed by atoms with van der Waals surface area (Å²) in [4.78, 5) is 10.7. The molecule has 1 saturated heterocycles. The van der Waals surface area contributed by atoms with Crippen molar-refractivity contribution >= 4 is 5.97 Å². The van der Waals surface area contributed by atoms with Gasteiger partial charge in [-0.15, -0.1) is 0 Å². The lowest BCUT2D eigenvalue weighted by Crippen LogP contribution is -2.40. The summed E-state index contributed by atoms with van der Waals surface area (Å²) in [5, 5.41) is 8.54. The molecule has 1 heterocycles. The molecule has 4 nitrogen and oxygen atoms in total. The van der Waals surface area contributed by atoms with E-state index in [1.54, 1.807) is 6.92 Å². The van der Waals surface area contributed by atoms with E-state index in [1.807, 2.05) is 0 Å². The van der Waals surface area contributed by atoms with E-state index in [2.05, 4.69) is 0 Å². The fraction of sp³-hybridized carbons (Fsp3) is 0.833. The lowest BCUT2D eigenvalue weighted by Gasteiger charge is -2.24. The molecule has 1 N–H and O–H groups in total. The van der Waals surface area contributed by atoms with E-state index in [0.29, 0.717) is 6.61 Å². The number of rotatable bonds is 1. The van der Waals surface area contributed by atoms with Gasteiger partial charge in [0.1, 0.15) is 6.10 Å². The molecule has 58 valence electrons. The number of cyclic esters (lactones) is 1. The van der Waals surface area contributed by atoms with Gasteiger partial charge in [0.2, 0.25) is 0 Å². The average Bonchev–Trinajstić information content (AvgIpc) is 1.95. The molecule has 0 aromatic rings. The molecule has 0 aromatic carbocycles. The zero-order valence-electron chi connectivity index (χ0n) is 5.74. The van der Waals surface area contributed by atoms with E-state index in [9.17, 15) is 4.79 Å². The standard InChI is InChI=1S/C6H10O4/c1-4-6(8)10-5(2-7)3-9-4/h4-5,7H,2-3H2,1H3. The van der Waals surface area contributed by atoms with Crippen molar-refractivity contribution in [3.8, 4) is 0 Å². The summed E-state index contributed by atoms with van der Waals surface area (Å²) in [5.41, 5.74) is 0. The Morgan fingerprint density at radius 2 is 2.50 bits per heavy atom. The Labute approximate surface area is 58.7 Å². The van der Waals surface area contributed by atoms with Crippen LogP contribution < -0.4 is 0 Å². The molecule has 0 aromatic heterocycles. The Kier molecular flexibility index (Phi) is 2.24. The van der Waals surface area contributed by atoms with Crippen LogP contribution in [-0.4, -0.2) is 36.5 Å². The lowest BCUT2D eigenvalue weighted by atomic mass is 10.3. The zero-order valence-corrected chi connectivity index (χ0v) is 5.74. The number of carbonyl (C=O) groups excluding carboxylic acids is 1. The van der Waals surface area contributed by atoms with Gasteiger partial charge in [-0.2, -0.15) is 0 Å². The number of carbonyl (C=O) groups is 1. The summed E-state index contributed by atoms with van der Waals surface area (Å²) >= 11 is 0. The highest BCUT2D eigenvalue weighted by atomic mass is 16.6. The summed E-state index contributed by atoms with van der Waals surface area (Å²) in [6.07, 6.45) is -0.952. The van der Waals surface area contributed by atoms with Crippen molar-refractivity contribution in [2.75, 3.05) is 13.2 Å². The third-order valence-electron chi connectivity index (χ3n) is 1.35. The number of aliphatic hydroxyl groups excluding tert-OH is 1. The second-order valence-corrected chi connectivity index (χ2v) is 2.22. The molecule has 0 bridgehead atoms. The average molecular weight is 146 g/mol.